The van der Waals surface area contributed by atoms with Gasteiger partial charge in [-0.1, -0.05) is 13.8 Å². The van der Waals surface area contributed by atoms with Crippen LogP contribution in [-0.4, -0.2) is 30.9 Å². The van der Waals surface area contributed by atoms with Crippen molar-refractivity contribution in [2.24, 2.45) is 5.92 Å². The molecule has 1 heterocycles. The SMILES string of the molecule is CC(C)Cc1cc(F)cc2cc(COS(C)(=O)=O)n(C(=O)OC(C)(C)C)c12. The summed E-state index contributed by atoms with van der Waals surface area (Å²) in [4.78, 5) is 12.8. The van der Waals surface area contributed by atoms with E-state index in [-0.39, 0.29) is 18.2 Å². The summed E-state index contributed by atoms with van der Waals surface area (Å²) in [6.45, 7) is 8.83. The molecule has 1 aromatic heterocycles. The Labute approximate surface area is 159 Å². The van der Waals surface area contributed by atoms with Crippen LogP contribution in [0.25, 0.3) is 10.9 Å². The summed E-state index contributed by atoms with van der Waals surface area (Å²) in [5.41, 5.74) is 0.684. The van der Waals surface area contributed by atoms with Gasteiger partial charge in [0.05, 0.1) is 17.5 Å². The topological polar surface area (TPSA) is 74.6 Å². The lowest BCUT2D eigenvalue weighted by atomic mass is 10.0. The maximum atomic E-state index is 14.1. The van der Waals surface area contributed by atoms with Gasteiger partial charge in [-0.05, 0) is 56.9 Å². The molecule has 0 fully saturated rings. The predicted molar refractivity (Wildman–Crippen MR) is 102 cm³/mol. The van der Waals surface area contributed by atoms with Crippen LogP contribution in [0, 0.1) is 11.7 Å². The summed E-state index contributed by atoms with van der Waals surface area (Å²) in [5, 5.41) is 0.489. The van der Waals surface area contributed by atoms with Gasteiger partial charge in [0, 0.05) is 5.39 Å². The average Bonchev–Trinajstić information content (AvgIpc) is 2.80. The summed E-state index contributed by atoms with van der Waals surface area (Å²) in [6.07, 6.45) is 0.811. The number of fused-ring (bicyclic) bond motifs is 1. The second-order valence-electron chi connectivity index (χ2n) is 8.02. The highest BCUT2D eigenvalue weighted by atomic mass is 32.2. The lowest BCUT2D eigenvalue weighted by molar-refractivity contribution is 0.0534. The molecule has 1 aromatic carbocycles. The molecule has 0 saturated heterocycles. The van der Waals surface area contributed by atoms with Crippen LogP contribution >= 0.6 is 0 Å². The first-order chi connectivity index (χ1) is 12.3. The van der Waals surface area contributed by atoms with Crippen molar-refractivity contribution < 1.29 is 26.5 Å². The number of halogens is 1. The molecule has 0 amide bonds. The standard InChI is InChI=1S/C19H26FNO5S/c1-12(2)7-13-8-15(20)9-14-10-16(11-25-27(6,23)24)21(17(13)14)18(22)26-19(3,4)5/h8-10,12H,7,11H2,1-6H3. The third kappa shape index (κ3) is 5.77. The van der Waals surface area contributed by atoms with Crippen LogP contribution in [0.1, 0.15) is 45.9 Å². The van der Waals surface area contributed by atoms with Crippen molar-refractivity contribution in [2.75, 3.05) is 6.26 Å². The van der Waals surface area contributed by atoms with Crippen LogP contribution in [0.5, 0.6) is 0 Å². The van der Waals surface area contributed by atoms with Gasteiger partial charge in [0.1, 0.15) is 18.0 Å². The van der Waals surface area contributed by atoms with E-state index >= 15 is 0 Å². The Bertz CT molecular complexity index is 955. The molecule has 0 aliphatic heterocycles. The van der Waals surface area contributed by atoms with E-state index in [1.807, 2.05) is 13.8 Å². The maximum Gasteiger partial charge on any atom is 0.419 e. The largest absolute Gasteiger partial charge is 0.443 e. The molecular weight excluding hydrogens is 373 g/mol. The van der Waals surface area contributed by atoms with E-state index in [4.69, 9.17) is 8.92 Å². The molecule has 150 valence electrons. The molecule has 0 unspecified atom stereocenters. The summed E-state index contributed by atoms with van der Waals surface area (Å²) < 4.78 is 48.5. The van der Waals surface area contributed by atoms with E-state index in [0.29, 0.717) is 22.9 Å². The third-order valence-electron chi connectivity index (χ3n) is 3.64. The Morgan fingerprint density at radius 3 is 2.37 bits per heavy atom. The minimum Gasteiger partial charge on any atom is -0.443 e. The Kier molecular flexibility index (Phi) is 6.01. The molecule has 2 aromatic rings. The number of carbonyl (C=O) groups excluding carboxylic acids is 1. The van der Waals surface area contributed by atoms with E-state index in [1.165, 1.54) is 16.7 Å². The first-order valence-corrected chi connectivity index (χ1v) is 10.5. The lowest BCUT2D eigenvalue weighted by Gasteiger charge is -2.21. The zero-order valence-corrected chi connectivity index (χ0v) is 17.3. The van der Waals surface area contributed by atoms with Crippen molar-refractivity contribution in [3.63, 3.8) is 0 Å². The molecule has 8 heteroatoms. The number of hydrogen-bond donors (Lipinski definition) is 0. The van der Waals surface area contributed by atoms with Crippen LogP contribution in [0.2, 0.25) is 0 Å². The van der Waals surface area contributed by atoms with Gasteiger partial charge < -0.3 is 4.74 Å². The van der Waals surface area contributed by atoms with Gasteiger partial charge in [-0.15, -0.1) is 0 Å². The Hall–Kier alpha value is -1.93. The molecule has 0 atom stereocenters. The van der Waals surface area contributed by atoms with E-state index in [0.717, 1.165) is 6.26 Å². The van der Waals surface area contributed by atoms with Crippen molar-refractivity contribution in [3.05, 3.63) is 35.3 Å². The Morgan fingerprint density at radius 2 is 1.85 bits per heavy atom. The quantitative estimate of drug-likeness (QED) is 0.703. The molecule has 0 spiro atoms. The smallest absolute Gasteiger partial charge is 0.419 e. The van der Waals surface area contributed by atoms with Crippen LogP contribution < -0.4 is 0 Å². The molecule has 27 heavy (non-hydrogen) atoms. The lowest BCUT2D eigenvalue weighted by Crippen LogP contribution is -2.28. The number of aromatic nitrogens is 1. The maximum absolute atomic E-state index is 14.1. The fraction of sp³-hybridized carbons (Fsp3) is 0.526. The molecule has 0 saturated carbocycles. The molecule has 0 aliphatic rings. The van der Waals surface area contributed by atoms with Crippen molar-refractivity contribution in [1.29, 1.82) is 0 Å². The van der Waals surface area contributed by atoms with Crippen LogP contribution in [0.4, 0.5) is 9.18 Å². The van der Waals surface area contributed by atoms with Gasteiger partial charge in [-0.3, -0.25) is 4.18 Å². The van der Waals surface area contributed by atoms with Gasteiger partial charge in [0.2, 0.25) is 0 Å². The van der Waals surface area contributed by atoms with Gasteiger partial charge >= 0.3 is 6.09 Å². The normalized spacial score (nSPS) is 12.7. The second kappa shape index (κ2) is 7.59. The molecule has 2 rings (SSSR count). The fourth-order valence-electron chi connectivity index (χ4n) is 2.83. The van der Waals surface area contributed by atoms with E-state index < -0.39 is 27.6 Å². The van der Waals surface area contributed by atoms with Gasteiger partial charge in [-0.2, -0.15) is 8.42 Å². The Balaban J connectivity index is 2.68. The van der Waals surface area contributed by atoms with Gasteiger partial charge in [0.15, 0.2) is 0 Å². The molecule has 6 nitrogen and oxygen atoms in total. The number of rotatable bonds is 5. The molecule has 0 radical (unpaired) electrons. The highest BCUT2D eigenvalue weighted by molar-refractivity contribution is 7.85. The average molecular weight is 399 g/mol. The number of nitrogens with zero attached hydrogens (tertiary/aromatic N) is 1. The zero-order valence-electron chi connectivity index (χ0n) is 16.5. The Morgan fingerprint density at radius 1 is 1.22 bits per heavy atom. The van der Waals surface area contributed by atoms with Crippen molar-refractivity contribution in [2.45, 2.75) is 53.2 Å². The number of ether oxygens (including phenoxy) is 1. The number of carbonyl (C=O) groups is 1. The van der Waals surface area contributed by atoms with E-state index in [2.05, 4.69) is 0 Å². The van der Waals surface area contributed by atoms with Crippen molar-refractivity contribution >= 4 is 27.1 Å². The monoisotopic (exact) mass is 399 g/mol. The summed E-state index contributed by atoms with van der Waals surface area (Å²) in [7, 11) is -3.71. The minimum absolute atomic E-state index is 0.229. The van der Waals surface area contributed by atoms with Gasteiger partial charge in [0.25, 0.3) is 10.1 Å². The predicted octanol–water partition coefficient (Wildman–Crippen LogP) is 4.24. The van der Waals surface area contributed by atoms with Gasteiger partial charge in [-0.25, -0.2) is 13.8 Å². The zero-order chi connectivity index (χ0) is 20.6. The summed E-state index contributed by atoms with van der Waals surface area (Å²) in [6, 6.07) is 4.26. The fourth-order valence-corrected chi connectivity index (χ4v) is 3.17. The molecule has 0 aliphatic carbocycles. The highest BCUT2D eigenvalue weighted by Crippen LogP contribution is 2.29. The minimum atomic E-state index is -3.71. The number of benzene rings is 1. The summed E-state index contributed by atoms with van der Waals surface area (Å²) >= 11 is 0. The summed E-state index contributed by atoms with van der Waals surface area (Å²) in [5.74, 6) is -0.192. The number of hydrogen-bond acceptors (Lipinski definition) is 5. The first kappa shape index (κ1) is 21.4. The van der Waals surface area contributed by atoms with Crippen LogP contribution in [0.15, 0.2) is 18.2 Å². The molecule has 0 bridgehead atoms. The third-order valence-corrected chi connectivity index (χ3v) is 4.19. The van der Waals surface area contributed by atoms with Crippen molar-refractivity contribution in [1.82, 2.24) is 4.57 Å². The first-order valence-electron chi connectivity index (χ1n) is 8.67. The van der Waals surface area contributed by atoms with Crippen molar-refractivity contribution in [3.8, 4) is 0 Å². The van der Waals surface area contributed by atoms with Crippen LogP contribution in [0.3, 0.4) is 0 Å². The molecular formula is C19H26FNO5S. The molecule has 0 N–H and O–H groups in total. The van der Waals surface area contributed by atoms with E-state index in [9.17, 15) is 17.6 Å². The van der Waals surface area contributed by atoms with E-state index in [1.54, 1.807) is 26.8 Å². The van der Waals surface area contributed by atoms with Crippen LogP contribution in [-0.2, 0) is 32.1 Å². The second-order valence-corrected chi connectivity index (χ2v) is 9.66. The highest BCUT2D eigenvalue weighted by Gasteiger charge is 2.25.